The van der Waals surface area contributed by atoms with Crippen molar-refractivity contribution in [2.24, 2.45) is 5.73 Å². The lowest BCUT2D eigenvalue weighted by Gasteiger charge is -1.91. The van der Waals surface area contributed by atoms with E-state index < -0.39 is 0 Å². The third-order valence-electron chi connectivity index (χ3n) is 0.918. The molecular weight excluding hydrogens is 166 g/mol. The highest BCUT2D eigenvalue weighted by Crippen LogP contribution is 1.89. The SMILES string of the molecule is C=C(/C=C\C)OC.CO/C=C(/C)N. The fourth-order valence-corrected chi connectivity index (χ4v) is 0.440. The van der Waals surface area contributed by atoms with Gasteiger partial charge in [-0.25, -0.2) is 0 Å². The summed E-state index contributed by atoms with van der Waals surface area (Å²) in [5.41, 5.74) is 5.83. The number of rotatable bonds is 3. The molecule has 0 fully saturated rings. The topological polar surface area (TPSA) is 44.5 Å². The molecule has 0 saturated carbocycles. The van der Waals surface area contributed by atoms with E-state index in [1.54, 1.807) is 27.2 Å². The van der Waals surface area contributed by atoms with E-state index in [-0.39, 0.29) is 0 Å². The van der Waals surface area contributed by atoms with E-state index >= 15 is 0 Å². The number of hydrogen-bond acceptors (Lipinski definition) is 3. The van der Waals surface area contributed by atoms with Crippen LogP contribution in [-0.4, -0.2) is 14.2 Å². The quantitative estimate of drug-likeness (QED) is 0.541. The Bertz CT molecular complexity index is 179. The van der Waals surface area contributed by atoms with Gasteiger partial charge in [-0.2, -0.15) is 0 Å². The summed E-state index contributed by atoms with van der Waals surface area (Å²) in [6, 6.07) is 0. The van der Waals surface area contributed by atoms with Crippen molar-refractivity contribution in [3.8, 4) is 0 Å². The molecule has 0 spiro atoms. The van der Waals surface area contributed by atoms with Gasteiger partial charge < -0.3 is 15.2 Å². The largest absolute Gasteiger partial charge is 0.503 e. The normalized spacial score (nSPS) is 10.3. The van der Waals surface area contributed by atoms with Crippen LogP contribution in [0.5, 0.6) is 0 Å². The number of methoxy groups -OCH3 is 2. The van der Waals surface area contributed by atoms with Crippen LogP contribution in [0.15, 0.2) is 36.4 Å². The van der Waals surface area contributed by atoms with Crippen molar-refractivity contribution < 1.29 is 9.47 Å². The van der Waals surface area contributed by atoms with E-state index in [1.807, 2.05) is 13.0 Å². The van der Waals surface area contributed by atoms with E-state index in [0.29, 0.717) is 11.5 Å². The third-order valence-corrected chi connectivity index (χ3v) is 0.918. The smallest absolute Gasteiger partial charge is 0.111 e. The molecule has 0 aliphatic carbocycles. The van der Waals surface area contributed by atoms with Crippen LogP contribution in [0.4, 0.5) is 0 Å². The highest BCUT2D eigenvalue weighted by molar-refractivity contribution is 5.04. The van der Waals surface area contributed by atoms with Gasteiger partial charge in [0, 0.05) is 5.70 Å². The molecule has 0 unspecified atom stereocenters. The first-order chi connectivity index (χ1) is 6.08. The summed E-state index contributed by atoms with van der Waals surface area (Å²) in [5.74, 6) is 0.697. The second-order valence-electron chi connectivity index (χ2n) is 2.27. The van der Waals surface area contributed by atoms with Crippen LogP contribution < -0.4 is 5.73 Å². The molecule has 0 heterocycles. The van der Waals surface area contributed by atoms with E-state index in [9.17, 15) is 0 Å². The van der Waals surface area contributed by atoms with Gasteiger partial charge in [0.1, 0.15) is 12.0 Å². The molecule has 0 aliphatic heterocycles. The average molecular weight is 185 g/mol. The van der Waals surface area contributed by atoms with Crippen LogP contribution in [0.25, 0.3) is 0 Å². The van der Waals surface area contributed by atoms with Gasteiger partial charge in [-0.1, -0.05) is 12.7 Å². The first-order valence-corrected chi connectivity index (χ1v) is 3.89. The van der Waals surface area contributed by atoms with Crippen molar-refractivity contribution in [3.05, 3.63) is 36.4 Å². The summed E-state index contributed by atoms with van der Waals surface area (Å²) in [6.45, 7) is 7.24. The predicted octanol–water partition coefficient (Wildman–Crippen LogP) is 2.18. The second-order valence-corrected chi connectivity index (χ2v) is 2.27. The van der Waals surface area contributed by atoms with Gasteiger partial charge in [-0.3, -0.25) is 0 Å². The fourth-order valence-electron chi connectivity index (χ4n) is 0.440. The highest BCUT2D eigenvalue weighted by Gasteiger charge is 1.74. The number of nitrogens with two attached hydrogens (primary N) is 1. The van der Waals surface area contributed by atoms with Crippen LogP contribution >= 0.6 is 0 Å². The molecule has 76 valence electrons. The molecule has 0 amide bonds. The fraction of sp³-hybridized carbons (Fsp3) is 0.400. The van der Waals surface area contributed by atoms with Crippen molar-refractivity contribution in [1.29, 1.82) is 0 Å². The van der Waals surface area contributed by atoms with Crippen LogP contribution in [0.1, 0.15) is 13.8 Å². The number of allylic oxidation sites excluding steroid dienone is 3. The summed E-state index contributed by atoms with van der Waals surface area (Å²) in [6.07, 6.45) is 5.17. The van der Waals surface area contributed by atoms with E-state index in [0.717, 1.165) is 0 Å². The summed E-state index contributed by atoms with van der Waals surface area (Å²) in [4.78, 5) is 0. The molecule has 2 N–H and O–H groups in total. The maximum absolute atomic E-state index is 5.14. The average Bonchev–Trinajstić information content (AvgIpc) is 2.05. The first kappa shape index (κ1) is 14.2. The zero-order valence-electron chi connectivity index (χ0n) is 8.83. The summed E-state index contributed by atoms with van der Waals surface area (Å²) >= 11 is 0. The van der Waals surface area contributed by atoms with Gasteiger partial charge >= 0.3 is 0 Å². The van der Waals surface area contributed by atoms with E-state index in [2.05, 4.69) is 11.3 Å². The highest BCUT2D eigenvalue weighted by atomic mass is 16.5. The Kier molecular flexibility index (Phi) is 11.6. The molecule has 3 nitrogen and oxygen atoms in total. The third kappa shape index (κ3) is 18.0. The summed E-state index contributed by atoms with van der Waals surface area (Å²) in [7, 11) is 3.17. The minimum absolute atomic E-state index is 0.692. The van der Waals surface area contributed by atoms with Crippen molar-refractivity contribution in [1.82, 2.24) is 0 Å². The van der Waals surface area contributed by atoms with Gasteiger partial charge in [-0.05, 0) is 19.9 Å². The zero-order chi connectivity index (χ0) is 10.7. The van der Waals surface area contributed by atoms with Crippen LogP contribution in [0, 0.1) is 0 Å². The molecule has 0 aromatic carbocycles. The van der Waals surface area contributed by atoms with Crippen LogP contribution in [0.2, 0.25) is 0 Å². The van der Waals surface area contributed by atoms with E-state index in [1.165, 1.54) is 6.26 Å². The lowest BCUT2D eigenvalue weighted by molar-refractivity contribution is 0.309. The van der Waals surface area contributed by atoms with Crippen molar-refractivity contribution in [2.45, 2.75) is 13.8 Å². The predicted molar refractivity (Wildman–Crippen MR) is 55.9 cm³/mol. The lowest BCUT2D eigenvalue weighted by Crippen LogP contribution is -1.89. The molecule has 0 radical (unpaired) electrons. The van der Waals surface area contributed by atoms with Gasteiger partial charge in [0.2, 0.25) is 0 Å². The lowest BCUT2D eigenvalue weighted by atomic mass is 10.5. The Labute approximate surface area is 80.5 Å². The monoisotopic (exact) mass is 185 g/mol. The Balaban J connectivity index is 0. The van der Waals surface area contributed by atoms with E-state index in [4.69, 9.17) is 10.5 Å². The maximum atomic E-state index is 5.14. The second kappa shape index (κ2) is 10.6. The summed E-state index contributed by atoms with van der Waals surface area (Å²) in [5, 5.41) is 0. The molecule has 13 heavy (non-hydrogen) atoms. The molecule has 3 heteroatoms. The van der Waals surface area contributed by atoms with Crippen LogP contribution in [0.3, 0.4) is 0 Å². The number of hydrogen-bond donors (Lipinski definition) is 1. The molecule has 0 aliphatic rings. The molecule has 0 saturated heterocycles. The minimum atomic E-state index is 0.692. The Morgan fingerprint density at radius 3 is 2.00 bits per heavy atom. The summed E-state index contributed by atoms with van der Waals surface area (Å²) < 4.78 is 9.23. The molecule has 0 atom stereocenters. The van der Waals surface area contributed by atoms with Gasteiger partial charge in [0.05, 0.1) is 14.2 Å². The first-order valence-electron chi connectivity index (χ1n) is 3.89. The molecule has 0 bridgehead atoms. The molecule has 0 aromatic heterocycles. The van der Waals surface area contributed by atoms with Crippen LogP contribution in [-0.2, 0) is 9.47 Å². The Morgan fingerprint density at radius 2 is 1.92 bits per heavy atom. The minimum Gasteiger partial charge on any atom is -0.503 e. The molecular formula is C10H19NO2. The van der Waals surface area contributed by atoms with Gasteiger partial charge in [0.15, 0.2) is 0 Å². The van der Waals surface area contributed by atoms with Crippen molar-refractivity contribution >= 4 is 0 Å². The number of ether oxygens (including phenoxy) is 2. The van der Waals surface area contributed by atoms with Crippen molar-refractivity contribution in [2.75, 3.05) is 14.2 Å². The molecule has 0 aromatic rings. The van der Waals surface area contributed by atoms with Crippen molar-refractivity contribution in [3.63, 3.8) is 0 Å². The maximum Gasteiger partial charge on any atom is 0.111 e. The van der Waals surface area contributed by atoms with Gasteiger partial charge in [0.25, 0.3) is 0 Å². The Morgan fingerprint density at radius 1 is 1.38 bits per heavy atom. The van der Waals surface area contributed by atoms with Gasteiger partial charge in [-0.15, -0.1) is 0 Å². The molecule has 0 rings (SSSR count). The zero-order valence-corrected chi connectivity index (χ0v) is 8.83. The standard InChI is InChI=1S/C6H10O.C4H9NO/c1-4-5-6(2)7-3;1-4(5)3-6-2/h4-5H,2H2,1,3H3;3H,5H2,1-2H3/b5-4-;4-3-. The Hall–Kier alpha value is -1.38.